The van der Waals surface area contributed by atoms with Crippen LogP contribution in [-0.4, -0.2) is 12.6 Å². The molecule has 0 aromatic heterocycles. The molecule has 0 aliphatic heterocycles. The summed E-state index contributed by atoms with van der Waals surface area (Å²) in [6.07, 6.45) is 4.27. The van der Waals surface area contributed by atoms with Gasteiger partial charge >= 0.3 is 0 Å². The molecule has 0 amide bonds. The molecule has 2 nitrogen and oxygen atoms in total. The number of hydroxylamine groups is 1. The zero-order chi connectivity index (χ0) is 8.32. The highest BCUT2D eigenvalue weighted by Gasteiger charge is 2.38. The van der Waals surface area contributed by atoms with Gasteiger partial charge in [0, 0.05) is 6.04 Å². The van der Waals surface area contributed by atoms with Gasteiger partial charge in [0.05, 0.1) is 6.61 Å². The van der Waals surface area contributed by atoms with Gasteiger partial charge in [-0.2, -0.15) is 5.48 Å². The lowest BCUT2D eigenvalue weighted by atomic mass is 9.68. The first-order chi connectivity index (χ1) is 5.17. The number of rotatable bonds is 4. The van der Waals surface area contributed by atoms with E-state index < -0.39 is 0 Å². The van der Waals surface area contributed by atoms with Crippen molar-refractivity contribution >= 4 is 0 Å². The monoisotopic (exact) mass is 155 g/mol. The predicted octanol–water partition coefficient (Wildman–Crippen LogP) is 1.88. The van der Waals surface area contributed by atoms with E-state index in [0.29, 0.717) is 18.1 Å². The highest BCUT2D eigenvalue weighted by atomic mass is 16.6. The Morgan fingerprint density at radius 2 is 2.45 bits per heavy atom. The maximum Gasteiger partial charge on any atom is 0.0861 e. The van der Waals surface area contributed by atoms with Crippen LogP contribution in [-0.2, 0) is 4.84 Å². The maximum atomic E-state index is 5.15. The van der Waals surface area contributed by atoms with Crippen molar-refractivity contribution in [1.29, 1.82) is 0 Å². The Morgan fingerprint density at radius 1 is 1.73 bits per heavy atom. The molecule has 1 aliphatic carbocycles. The second-order valence-electron chi connectivity index (χ2n) is 3.80. The van der Waals surface area contributed by atoms with Crippen molar-refractivity contribution in [1.82, 2.24) is 5.48 Å². The van der Waals surface area contributed by atoms with Gasteiger partial charge in [0.2, 0.25) is 0 Å². The molecule has 1 rings (SSSR count). The summed E-state index contributed by atoms with van der Waals surface area (Å²) in [6.45, 7) is 8.67. The van der Waals surface area contributed by atoms with Gasteiger partial charge in [-0.05, 0) is 18.3 Å². The average Bonchev–Trinajstić information content (AvgIpc) is 1.96. The summed E-state index contributed by atoms with van der Waals surface area (Å²) < 4.78 is 0. The third-order valence-electron chi connectivity index (χ3n) is 2.45. The fourth-order valence-electron chi connectivity index (χ4n) is 1.29. The maximum absolute atomic E-state index is 5.15. The molecule has 64 valence electrons. The van der Waals surface area contributed by atoms with Crippen molar-refractivity contribution in [3.8, 4) is 0 Å². The van der Waals surface area contributed by atoms with Crippen LogP contribution in [0.2, 0.25) is 0 Å². The predicted molar refractivity (Wildman–Crippen MR) is 46.1 cm³/mol. The molecule has 0 saturated heterocycles. The second-order valence-corrected chi connectivity index (χ2v) is 3.80. The van der Waals surface area contributed by atoms with Gasteiger partial charge in [-0.3, -0.25) is 4.84 Å². The van der Waals surface area contributed by atoms with Gasteiger partial charge in [-0.25, -0.2) is 0 Å². The molecule has 1 unspecified atom stereocenters. The van der Waals surface area contributed by atoms with Gasteiger partial charge in [0.25, 0.3) is 0 Å². The molecule has 1 N–H and O–H groups in total. The van der Waals surface area contributed by atoms with Gasteiger partial charge in [0.1, 0.15) is 0 Å². The molecule has 1 aliphatic rings. The number of nitrogens with one attached hydrogen (secondary N) is 1. The van der Waals surface area contributed by atoms with E-state index in [2.05, 4.69) is 25.9 Å². The summed E-state index contributed by atoms with van der Waals surface area (Å²) in [5.41, 5.74) is 3.46. The van der Waals surface area contributed by atoms with Crippen molar-refractivity contribution < 1.29 is 4.84 Å². The van der Waals surface area contributed by atoms with Crippen molar-refractivity contribution in [2.45, 2.75) is 32.7 Å². The molecular weight excluding hydrogens is 138 g/mol. The minimum Gasteiger partial charge on any atom is -0.297 e. The fraction of sp³-hybridized carbons (Fsp3) is 0.778. The lowest BCUT2D eigenvalue weighted by Gasteiger charge is -2.44. The van der Waals surface area contributed by atoms with Crippen LogP contribution in [0.1, 0.15) is 26.7 Å². The Kier molecular flexibility index (Phi) is 2.68. The Hall–Kier alpha value is -0.340. The number of hydrogen-bond donors (Lipinski definition) is 1. The van der Waals surface area contributed by atoms with E-state index in [1.807, 2.05) is 0 Å². The molecule has 1 fully saturated rings. The van der Waals surface area contributed by atoms with Crippen molar-refractivity contribution in [3.63, 3.8) is 0 Å². The van der Waals surface area contributed by atoms with E-state index in [9.17, 15) is 0 Å². The van der Waals surface area contributed by atoms with Crippen LogP contribution >= 0.6 is 0 Å². The van der Waals surface area contributed by atoms with Crippen LogP contribution in [0.3, 0.4) is 0 Å². The van der Waals surface area contributed by atoms with Crippen LogP contribution < -0.4 is 5.48 Å². The summed E-state index contributed by atoms with van der Waals surface area (Å²) in [5.74, 6) is 0. The summed E-state index contributed by atoms with van der Waals surface area (Å²) in [5, 5.41) is 0. The Morgan fingerprint density at radius 3 is 2.82 bits per heavy atom. The van der Waals surface area contributed by atoms with E-state index in [0.717, 1.165) is 0 Å². The highest BCUT2D eigenvalue weighted by Crippen LogP contribution is 2.39. The minimum atomic E-state index is 0.418. The first kappa shape index (κ1) is 8.75. The van der Waals surface area contributed by atoms with Crippen molar-refractivity contribution in [2.75, 3.05) is 6.61 Å². The molecule has 2 heteroatoms. The summed E-state index contributed by atoms with van der Waals surface area (Å²) in [4.78, 5) is 5.15. The minimum absolute atomic E-state index is 0.418. The summed E-state index contributed by atoms with van der Waals surface area (Å²) in [7, 11) is 0. The van der Waals surface area contributed by atoms with Gasteiger partial charge in [-0.15, -0.1) is 6.58 Å². The van der Waals surface area contributed by atoms with E-state index in [4.69, 9.17) is 4.84 Å². The number of hydrogen-bond acceptors (Lipinski definition) is 2. The summed E-state index contributed by atoms with van der Waals surface area (Å²) >= 11 is 0. The molecule has 1 atom stereocenters. The highest BCUT2D eigenvalue weighted by molar-refractivity contribution is 4.92. The van der Waals surface area contributed by atoms with E-state index in [-0.39, 0.29) is 0 Å². The molecule has 0 aromatic carbocycles. The second kappa shape index (κ2) is 3.37. The lowest BCUT2D eigenvalue weighted by Crippen LogP contribution is -2.49. The molecule has 0 bridgehead atoms. The van der Waals surface area contributed by atoms with E-state index >= 15 is 0 Å². The van der Waals surface area contributed by atoms with Crippen molar-refractivity contribution in [3.05, 3.63) is 12.7 Å². The fourth-order valence-corrected chi connectivity index (χ4v) is 1.29. The quantitative estimate of drug-likeness (QED) is 0.380. The van der Waals surface area contributed by atoms with Gasteiger partial charge in [-0.1, -0.05) is 19.9 Å². The Balaban J connectivity index is 2.13. The van der Waals surface area contributed by atoms with Crippen LogP contribution in [0.15, 0.2) is 12.7 Å². The smallest absolute Gasteiger partial charge is 0.0861 e. The van der Waals surface area contributed by atoms with Gasteiger partial charge < -0.3 is 0 Å². The Bertz CT molecular complexity index is 142. The third-order valence-corrected chi connectivity index (χ3v) is 2.45. The molecule has 11 heavy (non-hydrogen) atoms. The van der Waals surface area contributed by atoms with Crippen LogP contribution in [0.4, 0.5) is 0 Å². The average molecular weight is 155 g/mol. The Labute approximate surface area is 68.6 Å². The molecule has 0 spiro atoms. The zero-order valence-corrected chi connectivity index (χ0v) is 7.39. The molecule has 0 aromatic rings. The third kappa shape index (κ3) is 2.04. The van der Waals surface area contributed by atoms with Crippen LogP contribution in [0.5, 0.6) is 0 Å². The molecular formula is C9H17NO. The molecule has 0 heterocycles. The van der Waals surface area contributed by atoms with Crippen molar-refractivity contribution in [2.24, 2.45) is 5.41 Å². The normalized spacial score (nSPS) is 27.6. The largest absolute Gasteiger partial charge is 0.297 e. The molecule has 1 saturated carbocycles. The summed E-state index contributed by atoms with van der Waals surface area (Å²) in [6, 6.07) is 0.530. The standard InChI is InChI=1S/C9H17NO/c1-4-7-11-10-8-5-6-9(8,2)3/h4,8,10H,1,5-7H2,2-3H3. The topological polar surface area (TPSA) is 21.3 Å². The van der Waals surface area contributed by atoms with Crippen LogP contribution in [0.25, 0.3) is 0 Å². The van der Waals surface area contributed by atoms with Crippen LogP contribution in [0, 0.1) is 5.41 Å². The first-order valence-corrected chi connectivity index (χ1v) is 4.15. The van der Waals surface area contributed by atoms with E-state index in [1.165, 1.54) is 12.8 Å². The zero-order valence-electron chi connectivity index (χ0n) is 7.39. The first-order valence-electron chi connectivity index (χ1n) is 4.15. The van der Waals surface area contributed by atoms with E-state index in [1.54, 1.807) is 6.08 Å². The molecule has 0 radical (unpaired) electrons. The lowest BCUT2D eigenvalue weighted by molar-refractivity contribution is -0.0441. The SMILES string of the molecule is C=CCONC1CCC1(C)C. The van der Waals surface area contributed by atoms with Gasteiger partial charge in [0.15, 0.2) is 0 Å².